The number of nitrogens with two attached hydrogens (primary N) is 1. The van der Waals surface area contributed by atoms with Crippen LogP contribution in [0.25, 0.3) is 0 Å². The fraction of sp³-hybridized carbons (Fsp3) is 0.833. The summed E-state index contributed by atoms with van der Waals surface area (Å²) in [5.74, 6) is -0.0191. The van der Waals surface area contributed by atoms with Crippen molar-refractivity contribution < 1.29 is 9.59 Å². The van der Waals surface area contributed by atoms with Gasteiger partial charge >= 0.3 is 0 Å². The van der Waals surface area contributed by atoms with Crippen LogP contribution in [0.5, 0.6) is 0 Å². The molecule has 0 saturated carbocycles. The Kier molecular flexibility index (Phi) is 8.40. The van der Waals surface area contributed by atoms with Crippen LogP contribution in [-0.4, -0.2) is 30.9 Å². The van der Waals surface area contributed by atoms with Gasteiger partial charge < -0.3 is 16.4 Å². The molecule has 4 N–H and O–H groups in total. The minimum absolute atomic E-state index is 0.00534. The third kappa shape index (κ3) is 8.68. The van der Waals surface area contributed by atoms with E-state index >= 15 is 0 Å². The van der Waals surface area contributed by atoms with E-state index in [-0.39, 0.29) is 18.4 Å². The van der Waals surface area contributed by atoms with Gasteiger partial charge in [0.2, 0.25) is 11.8 Å². The van der Waals surface area contributed by atoms with E-state index in [1.165, 1.54) is 0 Å². The largest absolute Gasteiger partial charge is 0.354 e. The molecule has 0 rings (SSSR count). The predicted octanol–water partition coefficient (Wildman–Crippen LogP) is 0.392. The molecule has 0 aromatic heterocycles. The summed E-state index contributed by atoms with van der Waals surface area (Å²) in [7, 11) is 0. The Morgan fingerprint density at radius 3 is 2.41 bits per heavy atom. The second-order valence-corrected chi connectivity index (χ2v) is 4.66. The van der Waals surface area contributed by atoms with Gasteiger partial charge in [-0.15, -0.1) is 0 Å². The van der Waals surface area contributed by atoms with Crippen molar-refractivity contribution in [3.63, 3.8) is 0 Å². The number of amides is 2. The number of unbranched alkanes of at least 4 members (excludes halogenated alkanes) is 1. The average Bonchev–Trinajstić information content (AvgIpc) is 2.30. The zero-order valence-corrected chi connectivity index (χ0v) is 11.1. The van der Waals surface area contributed by atoms with Gasteiger partial charge in [0.15, 0.2) is 0 Å². The van der Waals surface area contributed by atoms with Crippen molar-refractivity contribution in [2.24, 2.45) is 11.7 Å². The second-order valence-electron chi connectivity index (χ2n) is 4.66. The molecule has 0 saturated heterocycles. The SMILES string of the molecule is CCCCC(N)C(=O)NCC(=O)NCC(C)C. The van der Waals surface area contributed by atoms with Crippen molar-refractivity contribution in [1.29, 1.82) is 0 Å². The fourth-order valence-electron chi connectivity index (χ4n) is 1.23. The monoisotopic (exact) mass is 243 g/mol. The molecule has 2 amide bonds. The van der Waals surface area contributed by atoms with Gasteiger partial charge in [-0.25, -0.2) is 0 Å². The maximum absolute atomic E-state index is 11.5. The number of hydrogen-bond donors (Lipinski definition) is 3. The lowest BCUT2D eigenvalue weighted by atomic mass is 10.1. The van der Waals surface area contributed by atoms with E-state index in [1.807, 2.05) is 20.8 Å². The lowest BCUT2D eigenvalue weighted by molar-refractivity contribution is -0.127. The van der Waals surface area contributed by atoms with Gasteiger partial charge in [0.25, 0.3) is 0 Å². The van der Waals surface area contributed by atoms with Gasteiger partial charge in [0, 0.05) is 6.54 Å². The molecule has 0 bridgehead atoms. The molecule has 17 heavy (non-hydrogen) atoms. The highest BCUT2D eigenvalue weighted by molar-refractivity contribution is 5.87. The Bertz CT molecular complexity index is 242. The van der Waals surface area contributed by atoms with Crippen molar-refractivity contribution in [2.45, 2.75) is 46.1 Å². The number of rotatable bonds is 8. The molecule has 0 fully saturated rings. The molecule has 0 spiro atoms. The highest BCUT2D eigenvalue weighted by atomic mass is 16.2. The molecule has 0 aromatic carbocycles. The predicted molar refractivity (Wildman–Crippen MR) is 68.4 cm³/mol. The fourth-order valence-corrected chi connectivity index (χ4v) is 1.23. The Balaban J connectivity index is 3.71. The summed E-state index contributed by atoms with van der Waals surface area (Å²) in [6.45, 7) is 6.70. The lowest BCUT2D eigenvalue weighted by Crippen LogP contribution is -2.45. The molecule has 0 aromatic rings. The third-order valence-corrected chi connectivity index (χ3v) is 2.34. The minimum Gasteiger partial charge on any atom is -0.354 e. The van der Waals surface area contributed by atoms with Crippen LogP contribution in [0, 0.1) is 5.92 Å². The number of carbonyl (C=O) groups excluding carboxylic acids is 2. The summed E-state index contributed by atoms with van der Waals surface area (Å²) >= 11 is 0. The van der Waals surface area contributed by atoms with Gasteiger partial charge in [-0.1, -0.05) is 33.6 Å². The molecule has 1 atom stereocenters. The van der Waals surface area contributed by atoms with E-state index in [1.54, 1.807) is 0 Å². The standard InChI is InChI=1S/C12H25N3O2/c1-4-5-6-10(13)12(17)15-8-11(16)14-7-9(2)3/h9-10H,4-8,13H2,1-3H3,(H,14,16)(H,15,17). The number of nitrogens with one attached hydrogen (secondary N) is 2. The summed E-state index contributed by atoms with van der Waals surface area (Å²) < 4.78 is 0. The first kappa shape index (κ1) is 15.9. The first-order valence-corrected chi connectivity index (χ1v) is 6.27. The first-order chi connectivity index (χ1) is 7.97. The van der Waals surface area contributed by atoms with E-state index in [0.29, 0.717) is 18.9 Å². The van der Waals surface area contributed by atoms with Gasteiger partial charge in [0.05, 0.1) is 12.6 Å². The van der Waals surface area contributed by atoms with Gasteiger partial charge in [-0.3, -0.25) is 9.59 Å². The molecular weight excluding hydrogens is 218 g/mol. The van der Waals surface area contributed by atoms with Crippen molar-refractivity contribution in [3.8, 4) is 0 Å². The zero-order valence-electron chi connectivity index (χ0n) is 11.1. The Labute approximate surface area is 104 Å². The molecule has 0 radical (unpaired) electrons. The summed E-state index contributed by atoms with van der Waals surface area (Å²) in [6, 6.07) is -0.507. The average molecular weight is 243 g/mol. The Hall–Kier alpha value is -1.10. The highest BCUT2D eigenvalue weighted by Crippen LogP contribution is 1.97. The quantitative estimate of drug-likeness (QED) is 0.576. The summed E-state index contributed by atoms with van der Waals surface area (Å²) in [5.41, 5.74) is 5.67. The molecular formula is C12H25N3O2. The van der Waals surface area contributed by atoms with Crippen molar-refractivity contribution in [2.75, 3.05) is 13.1 Å². The van der Waals surface area contributed by atoms with Crippen LogP contribution in [0.1, 0.15) is 40.0 Å². The molecule has 0 aliphatic heterocycles. The second kappa shape index (κ2) is 8.98. The van der Waals surface area contributed by atoms with E-state index in [4.69, 9.17) is 5.73 Å². The first-order valence-electron chi connectivity index (χ1n) is 6.27. The lowest BCUT2D eigenvalue weighted by Gasteiger charge is -2.12. The minimum atomic E-state index is -0.507. The van der Waals surface area contributed by atoms with Gasteiger partial charge in [0.1, 0.15) is 0 Å². The normalized spacial score (nSPS) is 12.3. The Morgan fingerprint density at radius 2 is 1.88 bits per heavy atom. The van der Waals surface area contributed by atoms with Crippen molar-refractivity contribution >= 4 is 11.8 Å². The maximum atomic E-state index is 11.5. The van der Waals surface area contributed by atoms with Crippen molar-refractivity contribution in [1.82, 2.24) is 10.6 Å². The topological polar surface area (TPSA) is 84.2 Å². The smallest absolute Gasteiger partial charge is 0.239 e. The number of hydrogen-bond acceptors (Lipinski definition) is 3. The molecule has 5 nitrogen and oxygen atoms in total. The van der Waals surface area contributed by atoms with E-state index in [0.717, 1.165) is 12.8 Å². The molecule has 5 heteroatoms. The van der Waals surface area contributed by atoms with Crippen LogP contribution in [0.15, 0.2) is 0 Å². The Morgan fingerprint density at radius 1 is 1.24 bits per heavy atom. The third-order valence-electron chi connectivity index (χ3n) is 2.34. The van der Waals surface area contributed by atoms with Crippen LogP contribution in [0.3, 0.4) is 0 Å². The van der Waals surface area contributed by atoms with E-state index < -0.39 is 6.04 Å². The van der Waals surface area contributed by atoms with E-state index in [2.05, 4.69) is 10.6 Å². The van der Waals surface area contributed by atoms with Crippen LogP contribution >= 0.6 is 0 Å². The molecule has 0 heterocycles. The summed E-state index contributed by atoms with van der Waals surface area (Å²) in [6.07, 6.45) is 2.60. The van der Waals surface area contributed by atoms with Gasteiger partial charge in [-0.2, -0.15) is 0 Å². The summed E-state index contributed by atoms with van der Waals surface area (Å²) in [5, 5.41) is 5.26. The summed E-state index contributed by atoms with van der Waals surface area (Å²) in [4.78, 5) is 22.8. The van der Waals surface area contributed by atoms with Gasteiger partial charge in [-0.05, 0) is 12.3 Å². The van der Waals surface area contributed by atoms with Crippen LogP contribution < -0.4 is 16.4 Å². The van der Waals surface area contributed by atoms with Crippen LogP contribution in [0.4, 0.5) is 0 Å². The molecule has 1 unspecified atom stereocenters. The highest BCUT2D eigenvalue weighted by Gasteiger charge is 2.13. The maximum Gasteiger partial charge on any atom is 0.239 e. The molecule has 0 aliphatic rings. The molecule has 0 aliphatic carbocycles. The van der Waals surface area contributed by atoms with Crippen molar-refractivity contribution in [3.05, 3.63) is 0 Å². The number of carbonyl (C=O) groups is 2. The zero-order chi connectivity index (χ0) is 13.3. The van der Waals surface area contributed by atoms with Crippen LogP contribution in [0.2, 0.25) is 0 Å². The van der Waals surface area contributed by atoms with E-state index in [9.17, 15) is 9.59 Å². The molecule has 100 valence electrons. The van der Waals surface area contributed by atoms with Crippen LogP contribution in [-0.2, 0) is 9.59 Å².